The zero-order valence-corrected chi connectivity index (χ0v) is 11.8. The Labute approximate surface area is 128 Å². The van der Waals surface area contributed by atoms with Crippen LogP contribution in [0, 0.1) is 11.3 Å². The van der Waals surface area contributed by atoms with Gasteiger partial charge in [0, 0.05) is 12.2 Å². The molecule has 0 bridgehead atoms. The van der Waals surface area contributed by atoms with Gasteiger partial charge in [0.25, 0.3) is 12.3 Å². The minimum absolute atomic E-state index is 0.343. The molecule has 1 saturated carbocycles. The van der Waals surface area contributed by atoms with Crippen LogP contribution in [0.15, 0.2) is 12.3 Å². The van der Waals surface area contributed by atoms with Crippen LogP contribution in [-0.2, 0) is 6.54 Å². The van der Waals surface area contributed by atoms with Crippen LogP contribution in [0.1, 0.15) is 29.8 Å². The van der Waals surface area contributed by atoms with Crippen LogP contribution >= 0.6 is 0 Å². The molecule has 1 fully saturated rings. The van der Waals surface area contributed by atoms with E-state index in [-0.39, 0.29) is 5.69 Å². The number of halogens is 5. The molecule has 0 N–H and O–H groups in total. The standard InChI is InChI=1S/C13H13F5N4O/c14-11(15)7-21-6-4-9(20-21)12(23)22(8-1-2-8)10(3-5-19)13(16,17)18/h4,6,8,10-11H,1-3,7H2. The minimum Gasteiger partial charge on any atom is -0.321 e. The van der Waals surface area contributed by atoms with Gasteiger partial charge in [-0.2, -0.15) is 23.5 Å². The van der Waals surface area contributed by atoms with Gasteiger partial charge in [-0.3, -0.25) is 9.48 Å². The maximum atomic E-state index is 13.1. The van der Waals surface area contributed by atoms with E-state index in [4.69, 9.17) is 5.26 Å². The summed E-state index contributed by atoms with van der Waals surface area (Å²) < 4.78 is 64.7. The number of nitriles is 1. The fourth-order valence-electron chi connectivity index (χ4n) is 2.22. The Balaban J connectivity index is 2.25. The van der Waals surface area contributed by atoms with E-state index in [9.17, 15) is 26.7 Å². The smallest absolute Gasteiger partial charge is 0.321 e. The van der Waals surface area contributed by atoms with Crippen LogP contribution in [0.4, 0.5) is 22.0 Å². The summed E-state index contributed by atoms with van der Waals surface area (Å²) in [7, 11) is 0. The van der Waals surface area contributed by atoms with Gasteiger partial charge in [-0.15, -0.1) is 0 Å². The monoisotopic (exact) mass is 336 g/mol. The van der Waals surface area contributed by atoms with Crippen LogP contribution in [0.25, 0.3) is 0 Å². The highest BCUT2D eigenvalue weighted by atomic mass is 19.4. The van der Waals surface area contributed by atoms with E-state index < -0.39 is 43.6 Å². The molecule has 0 aromatic carbocycles. The molecule has 10 heteroatoms. The van der Waals surface area contributed by atoms with Gasteiger partial charge in [-0.25, -0.2) is 8.78 Å². The van der Waals surface area contributed by atoms with Gasteiger partial charge in [0.15, 0.2) is 0 Å². The van der Waals surface area contributed by atoms with Gasteiger partial charge < -0.3 is 4.90 Å². The lowest BCUT2D eigenvalue weighted by Crippen LogP contribution is -2.50. The topological polar surface area (TPSA) is 61.9 Å². The molecule has 1 amide bonds. The number of aromatic nitrogens is 2. The Kier molecular flexibility index (Phi) is 4.87. The lowest BCUT2D eigenvalue weighted by atomic mass is 10.1. The Morgan fingerprint density at radius 1 is 1.48 bits per heavy atom. The summed E-state index contributed by atoms with van der Waals surface area (Å²) in [6.07, 6.45) is -6.41. The Hall–Kier alpha value is -2.18. The molecule has 2 rings (SSSR count). The third kappa shape index (κ3) is 4.18. The first-order valence-corrected chi connectivity index (χ1v) is 6.82. The molecular weight excluding hydrogens is 323 g/mol. The molecule has 0 spiro atoms. The summed E-state index contributed by atoms with van der Waals surface area (Å²) in [5, 5.41) is 12.2. The number of carbonyl (C=O) groups is 1. The molecule has 0 aliphatic heterocycles. The molecule has 126 valence electrons. The van der Waals surface area contributed by atoms with Crippen LogP contribution < -0.4 is 0 Å². The Morgan fingerprint density at radius 3 is 2.61 bits per heavy atom. The number of nitrogens with zero attached hydrogens (tertiary/aromatic N) is 4. The van der Waals surface area contributed by atoms with Crippen molar-refractivity contribution < 1.29 is 26.7 Å². The molecule has 1 aliphatic rings. The second-order valence-corrected chi connectivity index (χ2v) is 5.18. The van der Waals surface area contributed by atoms with Crippen molar-refractivity contribution in [3.63, 3.8) is 0 Å². The van der Waals surface area contributed by atoms with Gasteiger partial charge >= 0.3 is 6.18 Å². The van der Waals surface area contributed by atoms with Crippen LogP contribution in [0.3, 0.4) is 0 Å². The summed E-state index contributed by atoms with van der Waals surface area (Å²) >= 11 is 0. The molecule has 1 aromatic rings. The second-order valence-electron chi connectivity index (χ2n) is 5.18. The molecule has 1 aromatic heterocycles. The largest absolute Gasteiger partial charge is 0.409 e. The lowest BCUT2D eigenvalue weighted by Gasteiger charge is -2.31. The lowest BCUT2D eigenvalue weighted by molar-refractivity contribution is -0.176. The number of amides is 1. The van der Waals surface area contributed by atoms with Crippen molar-refractivity contribution in [2.24, 2.45) is 0 Å². The first kappa shape index (κ1) is 17.2. The molecule has 0 radical (unpaired) electrons. The minimum atomic E-state index is -4.75. The number of hydrogen-bond donors (Lipinski definition) is 0. The molecule has 23 heavy (non-hydrogen) atoms. The highest BCUT2D eigenvalue weighted by Gasteiger charge is 2.50. The van der Waals surface area contributed by atoms with Crippen LogP contribution in [-0.4, -0.2) is 45.3 Å². The highest BCUT2D eigenvalue weighted by Crippen LogP contribution is 2.36. The number of alkyl halides is 5. The molecule has 1 aliphatic carbocycles. The fraction of sp³-hybridized carbons (Fsp3) is 0.615. The first-order chi connectivity index (χ1) is 10.7. The maximum Gasteiger partial charge on any atom is 0.409 e. The predicted molar refractivity (Wildman–Crippen MR) is 67.5 cm³/mol. The first-order valence-electron chi connectivity index (χ1n) is 6.82. The van der Waals surface area contributed by atoms with Crippen molar-refractivity contribution in [3.8, 4) is 6.07 Å². The summed E-state index contributed by atoms with van der Waals surface area (Å²) in [6, 6.07) is -0.304. The van der Waals surface area contributed by atoms with Gasteiger partial charge in [-0.1, -0.05) is 0 Å². The Morgan fingerprint density at radius 2 is 2.13 bits per heavy atom. The molecule has 1 atom stereocenters. The van der Waals surface area contributed by atoms with E-state index in [1.54, 1.807) is 0 Å². The maximum absolute atomic E-state index is 13.1. The molecule has 0 saturated heterocycles. The van der Waals surface area contributed by atoms with Crippen molar-refractivity contribution in [3.05, 3.63) is 18.0 Å². The second kappa shape index (κ2) is 6.52. The van der Waals surface area contributed by atoms with E-state index in [1.165, 1.54) is 6.07 Å². The fourth-order valence-corrected chi connectivity index (χ4v) is 2.22. The average molecular weight is 336 g/mol. The normalized spacial score (nSPS) is 16.2. The van der Waals surface area contributed by atoms with Crippen LogP contribution in [0.5, 0.6) is 0 Å². The summed E-state index contributed by atoms with van der Waals surface area (Å²) in [5.41, 5.74) is -0.343. The van der Waals surface area contributed by atoms with Crippen molar-refractivity contribution >= 4 is 5.91 Å². The zero-order valence-electron chi connectivity index (χ0n) is 11.8. The van der Waals surface area contributed by atoms with E-state index >= 15 is 0 Å². The van der Waals surface area contributed by atoms with Crippen molar-refractivity contribution in [1.29, 1.82) is 5.26 Å². The third-order valence-corrected chi connectivity index (χ3v) is 3.36. The van der Waals surface area contributed by atoms with E-state index in [0.717, 1.165) is 16.9 Å². The number of hydrogen-bond acceptors (Lipinski definition) is 3. The number of rotatable bonds is 6. The quantitative estimate of drug-likeness (QED) is 0.750. The molecular formula is C13H13F5N4O. The molecule has 5 nitrogen and oxygen atoms in total. The predicted octanol–water partition coefficient (Wildman–Crippen LogP) is 2.60. The summed E-state index contributed by atoms with van der Waals surface area (Å²) in [4.78, 5) is 13.0. The number of carbonyl (C=O) groups excluding carboxylic acids is 1. The van der Waals surface area contributed by atoms with Crippen molar-refractivity contribution in [1.82, 2.24) is 14.7 Å². The van der Waals surface area contributed by atoms with E-state index in [0.29, 0.717) is 17.7 Å². The third-order valence-electron chi connectivity index (χ3n) is 3.36. The van der Waals surface area contributed by atoms with Crippen LogP contribution in [0.2, 0.25) is 0 Å². The molecule has 1 heterocycles. The summed E-state index contributed by atoms with van der Waals surface area (Å²) in [5.74, 6) is -1.00. The van der Waals surface area contributed by atoms with E-state index in [2.05, 4.69) is 5.10 Å². The van der Waals surface area contributed by atoms with Gasteiger partial charge in [-0.05, 0) is 18.9 Å². The van der Waals surface area contributed by atoms with Gasteiger partial charge in [0.05, 0.1) is 12.5 Å². The zero-order chi connectivity index (χ0) is 17.2. The SMILES string of the molecule is N#CCC(N(C(=O)c1ccn(CC(F)F)n1)C1CC1)C(F)(F)F. The highest BCUT2D eigenvalue weighted by molar-refractivity contribution is 5.93. The van der Waals surface area contributed by atoms with Gasteiger partial charge in [0.1, 0.15) is 18.3 Å². The Bertz CT molecular complexity index is 602. The van der Waals surface area contributed by atoms with Crippen molar-refractivity contribution in [2.45, 2.75) is 50.5 Å². The summed E-state index contributed by atoms with van der Waals surface area (Å²) in [6.45, 7) is -0.752. The van der Waals surface area contributed by atoms with Crippen molar-refractivity contribution in [2.75, 3.05) is 0 Å². The molecule has 1 unspecified atom stereocenters. The van der Waals surface area contributed by atoms with E-state index in [1.807, 2.05) is 0 Å². The average Bonchev–Trinajstić information content (AvgIpc) is 3.16. The van der Waals surface area contributed by atoms with Gasteiger partial charge in [0.2, 0.25) is 0 Å².